The molecule has 0 amide bonds. The van der Waals surface area contributed by atoms with Crippen LogP contribution in [-0.2, 0) is 12.4 Å². The van der Waals surface area contributed by atoms with Crippen molar-refractivity contribution in [3.8, 4) is 17.3 Å². The van der Waals surface area contributed by atoms with Crippen molar-refractivity contribution in [3.05, 3.63) is 53.3 Å². The molecular weight excluding hydrogens is 350 g/mol. The van der Waals surface area contributed by atoms with Gasteiger partial charge in [-0.2, -0.15) is 36.7 Å². The van der Waals surface area contributed by atoms with E-state index in [0.717, 1.165) is 30.5 Å². The number of nitriles is 1. The van der Waals surface area contributed by atoms with E-state index in [4.69, 9.17) is 5.26 Å². The summed E-state index contributed by atoms with van der Waals surface area (Å²) in [7, 11) is 0. The third-order valence-electron chi connectivity index (χ3n) is 3.39. The molecule has 10 heteroatoms. The highest BCUT2D eigenvalue weighted by Crippen LogP contribution is 2.34. The number of rotatable bonds is 1. The van der Waals surface area contributed by atoms with Crippen molar-refractivity contribution >= 4 is 5.65 Å². The molecule has 0 spiro atoms. The highest BCUT2D eigenvalue weighted by molar-refractivity contribution is 5.66. The third-order valence-corrected chi connectivity index (χ3v) is 3.39. The monoisotopic (exact) mass is 356 g/mol. The van der Waals surface area contributed by atoms with Crippen molar-refractivity contribution in [1.82, 2.24) is 14.6 Å². The van der Waals surface area contributed by atoms with Gasteiger partial charge in [0.25, 0.3) is 0 Å². The summed E-state index contributed by atoms with van der Waals surface area (Å²) >= 11 is 0. The summed E-state index contributed by atoms with van der Waals surface area (Å²) in [6.45, 7) is 0. The summed E-state index contributed by atoms with van der Waals surface area (Å²) in [4.78, 5) is 3.94. The fourth-order valence-corrected chi connectivity index (χ4v) is 2.22. The van der Waals surface area contributed by atoms with Crippen LogP contribution >= 0.6 is 0 Å². The third kappa shape index (κ3) is 3.00. The number of alkyl halides is 6. The lowest BCUT2D eigenvalue weighted by Gasteiger charge is -2.12. The summed E-state index contributed by atoms with van der Waals surface area (Å²) in [6.07, 6.45) is -8.42. The summed E-state index contributed by atoms with van der Waals surface area (Å²) in [5, 5.41) is 12.5. The topological polar surface area (TPSA) is 54.0 Å². The quantitative estimate of drug-likeness (QED) is 0.611. The van der Waals surface area contributed by atoms with Gasteiger partial charge in [0, 0.05) is 5.56 Å². The Bertz CT molecular complexity index is 977. The maximum atomic E-state index is 13.2. The molecule has 0 aliphatic rings. The molecule has 0 bridgehead atoms. The number of nitrogens with zero attached hydrogens (tertiary/aromatic N) is 4. The summed E-state index contributed by atoms with van der Waals surface area (Å²) in [5.41, 5.74) is -2.80. The molecule has 0 aliphatic carbocycles. The van der Waals surface area contributed by atoms with Gasteiger partial charge in [-0.1, -0.05) is 12.1 Å². The maximum Gasteiger partial charge on any atom is 0.433 e. The summed E-state index contributed by atoms with van der Waals surface area (Å²) in [5.74, 6) is 0. The molecular formula is C15H6F6N4. The highest BCUT2D eigenvalue weighted by Gasteiger charge is 2.36. The van der Waals surface area contributed by atoms with E-state index in [9.17, 15) is 26.3 Å². The van der Waals surface area contributed by atoms with Crippen LogP contribution in [-0.4, -0.2) is 14.6 Å². The predicted octanol–water partition coefficient (Wildman–Crippen LogP) is 4.31. The molecule has 3 rings (SSSR count). The Morgan fingerprint density at radius 2 is 1.60 bits per heavy atom. The van der Waals surface area contributed by atoms with Crippen LogP contribution in [0.5, 0.6) is 0 Å². The van der Waals surface area contributed by atoms with Gasteiger partial charge in [0.15, 0.2) is 11.3 Å². The number of halogens is 6. The van der Waals surface area contributed by atoms with Crippen molar-refractivity contribution in [3.63, 3.8) is 0 Å². The Kier molecular flexibility index (Phi) is 3.67. The molecule has 128 valence electrons. The van der Waals surface area contributed by atoms with E-state index in [1.54, 1.807) is 6.07 Å². The van der Waals surface area contributed by atoms with Gasteiger partial charge < -0.3 is 0 Å². The normalized spacial score (nSPS) is 12.4. The van der Waals surface area contributed by atoms with Crippen LogP contribution in [0.4, 0.5) is 26.3 Å². The van der Waals surface area contributed by atoms with Gasteiger partial charge in [-0.05, 0) is 18.2 Å². The Hall–Kier alpha value is -3.09. The van der Waals surface area contributed by atoms with Crippen LogP contribution in [0.1, 0.15) is 16.8 Å². The van der Waals surface area contributed by atoms with Crippen molar-refractivity contribution in [2.45, 2.75) is 12.4 Å². The van der Waals surface area contributed by atoms with Crippen LogP contribution in [0.3, 0.4) is 0 Å². The molecule has 0 N–H and O–H groups in total. The van der Waals surface area contributed by atoms with Gasteiger partial charge in [-0.15, -0.1) is 0 Å². The van der Waals surface area contributed by atoms with Crippen molar-refractivity contribution < 1.29 is 26.3 Å². The standard InChI is InChI=1S/C15H6F6N4/c16-14(17,18)10-3-1-8(2-4-10)11-5-12(15(19,20)21)25-13(24-11)9(6-22)7-23-25/h1-5,7H. The average molecular weight is 356 g/mol. The first-order chi connectivity index (χ1) is 11.6. The molecule has 0 saturated heterocycles. The first-order valence-electron chi connectivity index (χ1n) is 6.65. The summed E-state index contributed by atoms with van der Waals surface area (Å²) in [6, 6.07) is 5.87. The molecule has 0 saturated carbocycles. The minimum Gasteiger partial charge on any atom is -0.227 e. The second kappa shape index (κ2) is 5.47. The zero-order valence-corrected chi connectivity index (χ0v) is 12.0. The minimum atomic E-state index is -4.79. The predicted molar refractivity (Wildman–Crippen MR) is 73.1 cm³/mol. The number of benzene rings is 1. The molecule has 0 radical (unpaired) electrons. The van der Waals surface area contributed by atoms with Gasteiger partial charge in [-0.25, -0.2) is 9.50 Å². The van der Waals surface area contributed by atoms with Crippen molar-refractivity contribution in [2.24, 2.45) is 0 Å². The molecule has 3 aromatic rings. The number of hydrogen-bond acceptors (Lipinski definition) is 3. The Labute approximate surface area is 135 Å². The van der Waals surface area contributed by atoms with E-state index in [2.05, 4.69) is 10.1 Å². The van der Waals surface area contributed by atoms with Gasteiger partial charge in [0.05, 0.1) is 17.5 Å². The molecule has 1 aromatic carbocycles. The van der Waals surface area contributed by atoms with Crippen LogP contribution in [0.2, 0.25) is 0 Å². The fourth-order valence-electron chi connectivity index (χ4n) is 2.22. The second-order valence-corrected chi connectivity index (χ2v) is 5.00. The Morgan fingerprint density at radius 3 is 2.12 bits per heavy atom. The molecule has 0 unspecified atom stereocenters. The van der Waals surface area contributed by atoms with Crippen LogP contribution in [0.15, 0.2) is 36.5 Å². The van der Waals surface area contributed by atoms with Gasteiger partial charge in [0.2, 0.25) is 0 Å². The first-order valence-corrected chi connectivity index (χ1v) is 6.65. The zero-order valence-electron chi connectivity index (χ0n) is 12.0. The molecule has 0 fully saturated rings. The van der Waals surface area contributed by atoms with E-state index < -0.39 is 23.6 Å². The van der Waals surface area contributed by atoms with E-state index >= 15 is 0 Å². The summed E-state index contributed by atoms with van der Waals surface area (Å²) < 4.78 is 77.9. The minimum absolute atomic E-state index is 0.0473. The molecule has 25 heavy (non-hydrogen) atoms. The fraction of sp³-hybridized carbons (Fsp3) is 0.133. The van der Waals surface area contributed by atoms with E-state index in [1.165, 1.54) is 0 Å². The van der Waals surface area contributed by atoms with Crippen molar-refractivity contribution in [1.29, 1.82) is 5.26 Å². The largest absolute Gasteiger partial charge is 0.433 e. The lowest BCUT2D eigenvalue weighted by molar-refractivity contribution is -0.142. The number of fused-ring (bicyclic) bond motifs is 1. The molecule has 4 nitrogen and oxygen atoms in total. The number of aromatic nitrogens is 3. The van der Waals surface area contributed by atoms with Crippen LogP contribution in [0.25, 0.3) is 16.9 Å². The number of hydrogen-bond donors (Lipinski definition) is 0. The Balaban J connectivity index is 2.21. The van der Waals surface area contributed by atoms with Gasteiger partial charge in [0.1, 0.15) is 11.6 Å². The average Bonchev–Trinajstić information content (AvgIpc) is 2.95. The molecule has 0 aliphatic heterocycles. The van der Waals surface area contributed by atoms with E-state index in [-0.39, 0.29) is 22.5 Å². The lowest BCUT2D eigenvalue weighted by Crippen LogP contribution is -2.13. The SMILES string of the molecule is N#Cc1cnn2c(C(F)(F)F)cc(-c3ccc(C(F)(F)F)cc3)nc12. The Morgan fingerprint density at radius 1 is 0.960 bits per heavy atom. The smallest absolute Gasteiger partial charge is 0.227 e. The van der Waals surface area contributed by atoms with Crippen LogP contribution in [0, 0.1) is 11.3 Å². The van der Waals surface area contributed by atoms with Gasteiger partial charge >= 0.3 is 12.4 Å². The molecule has 0 atom stereocenters. The zero-order chi connectivity index (χ0) is 18.4. The molecule has 2 heterocycles. The van der Waals surface area contributed by atoms with E-state index in [0.29, 0.717) is 10.6 Å². The van der Waals surface area contributed by atoms with E-state index in [1.807, 2.05) is 0 Å². The maximum absolute atomic E-state index is 13.2. The first kappa shape index (κ1) is 16.8. The van der Waals surface area contributed by atoms with Gasteiger partial charge in [-0.3, -0.25) is 0 Å². The highest BCUT2D eigenvalue weighted by atomic mass is 19.4. The lowest BCUT2D eigenvalue weighted by atomic mass is 10.1. The van der Waals surface area contributed by atoms with Crippen molar-refractivity contribution in [2.75, 3.05) is 0 Å². The molecule has 2 aromatic heterocycles. The van der Waals surface area contributed by atoms with Crippen LogP contribution < -0.4 is 0 Å². The second-order valence-electron chi connectivity index (χ2n) is 5.00.